The first kappa shape index (κ1) is 17.9. The third-order valence-electron chi connectivity index (χ3n) is 4.19. The summed E-state index contributed by atoms with van der Waals surface area (Å²) in [6.45, 7) is 1.40. The van der Waals surface area contributed by atoms with E-state index in [1.807, 2.05) is 16.8 Å². The van der Waals surface area contributed by atoms with Crippen LogP contribution in [0.4, 0.5) is 4.79 Å². The molecule has 0 radical (unpaired) electrons. The van der Waals surface area contributed by atoms with Gasteiger partial charge in [0.25, 0.3) is 5.91 Å². The van der Waals surface area contributed by atoms with Crippen molar-refractivity contribution in [3.8, 4) is 11.8 Å². The number of amides is 3. The highest BCUT2D eigenvalue weighted by Crippen LogP contribution is 2.30. The fraction of sp³-hybridized carbons (Fsp3) is 0.278. The fourth-order valence-electron chi connectivity index (χ4n) is 2.69. The number of hydrogen-bond acceptors (Lipinski definition) is 6. The minimum Gasteiger partial charge on any atom is -0.491 e. The Balaban J connectivity index is 1.60. The highest BCUT2D eigenvalue weighted by atomic mass is 32.1. The standard InChI is InChI=1S/C18H17N3O4S/c1-18(13-6-7-26-11-13)16(23)21(17(24)20-18)9-14(22)10-25-15-4-2-12(8-19)3-5-15/h2-7,11,14,22H,9-10H2,1H3,(H,20,24). The molecule has 26 heavy (non-hydrogen) atoms. The highest BCUT2D eigenvalue weighted by molar-refractivity contribution is 7.08. The predicted molar refractivity (Wildman–Crippen MR) is 94.6 cm³/mol. The molecule has 2 unspecified atom stereocenters. The van der Waals surface area contributed by atoms with Gasteiger partial charge in [-0.15, -0.1) is 0 Å². The van der Waals surface area contributed by atoms with Gasteiger partial charge in [0.2, 0.25) is 0 Å². The summed E-state index contributed by atoms with van der Waals surface area (Å²) in [5.41, 5.74) is 0.0988. The summed E-state index contributed by atoms with van der Waals surface area (Å²) < 4.78 is 5.44. The summed E-state index contributed by atoms with van der Waals surface area (Å²) in [4.78, 5) is 25.9. The molecule has 1 saturated heterocycles. The van der Waals surface area contributed by atoms with Crippen LogP contribution >= 0.6 is 11.3 Å². The average molecular weight is 371 g/mol. The number of carbonyl (C=O) groups is 2. The van der Waals surface area contributed by atoms with Gasteiger partial charge < -0.3 is 15.2 Å². The Morgan fingerprint density at radius 1 is 1.35 bits per heavy atom. The number of β-amino-alcohol motifs (C(OH)–C–C–N with tert-alkyl or cyclic N) is 1. The molecule has 1 aliphatic heterocycles. The van der Waals surface area contributed by atoms with Crippen molar-refractivity contribution in [1.82, 2.24) is 10.2 Å². The second kappa shape index (κ2) is 7.15. The number of urea groups is 1. The molecule has 2 atom stereocenters. The Hall–Kier alpha value is -2.89. The first-order valence-corrected chi connectivity index (χ1v) is 8.86. The maximum atomic E-state index is 12.7. The number of aliphatic hydroxyl groups is 1. The van der Waals surface area contributed by atoms with E-state index < -0.39 is 23.6 Å². The van der Waals surface area contributed by atoms with Crippen molar-refractivity contribution in [1.29, 1.82) is 5.26 Å². The summed E-state index contributed by atoms with van der Waals surface area (Å²) in [6.07, 6.45) is -1.04. The zero-order valence-corrected chi connectivity index (χ0v) is 14.8. The highest BCUT2D eigenvalue weighted by Gasteiger charge is 2.49. The van der Waals surface area contributed by atoms with Crippen LogP contribution in [0.25, 0.3) is 0 Å². The summed E-state index contributed by atoms with van der Waals surface area (Å²) >= 11 is 1.44. The van der Waals surface area contributed by atoms with Crippen molar-refractivity contribution in [2.24, 2.45) is 0 Å². The normalized spacial score (nSPS) is 20.6. The molecule has 3 rings (SSSR count). The molecule has 1 aromatic carbocycles. The first-order chi connectivity index (χ1) is 12.4. The summed E-state index contributed by atoms with van der Waals surface area (Å²) in [6, 6.07) is 9.69. The molecule has 2 aromatic rings. The van der Waals surface area contributed by atoms with Crippen molar-refractivity contribution in [3.63, 3.8) is 0 Å². The molecule has 0 bridgehead atoms. The summed E-state index contributed by atoms with van der Waals surface area (Å²) in [5.74, 6) is 0.0849. The van der Waals surface area contributed by atoms with Crippen molar-refractivity contribution < 1.29 is 19.4 Å². The number of aliphatic hydroxyl groups excluding tert-OH is 1. The summed E-state index contributed by atoms with van der Waals surface area (Å²) in [5, 5.41) is 25.3. The third-order valence-corrected chi connectivity index (χ3v) is 4.88. The molecule has 2 N–H and O–H groups in total. The first-order valence-electron chi connectivity index (χ1n) is 7.92. The van der Waals surface area contributed by atoms with Crippen LogP contribution in [0.3, 0.4) is 0 Å². The fourth-order valence-corrected chi connectivity index (χ4v) is 3.45. The quantitative estimate of drug-likeness (QED) is 0.754. The number of thiophene rings is 1. The van der Waals surface area contributed by atoms with Crippen LogP contribution in [0.15, 0.2) is 41.1 Å². The smallest absolute Gasteiger partial charge is 0.325 e. The molecule has 0 aliphatic carbocycles. The van der Waals surface area contributed by atoms with E-state index in [1.54, 1.807) is 37.3 Å². The molecular formula is C18H17N3O4S. The molecule has 1 aliphatic rings. The van der Waals surface area contributed by atoms with Gasteiger partial charge in [-0.1, -0.05) is 0 Å². The second-order valence-electron chi connectivity index (χ2n) is 6.08. The maximum absolute atomic E-state index is 12.7. The van der Waals surface area contributed by atoms with E-state index in [0.717, 1.165) is 4.90 Å². The zero-order valence-electron chi connectivity index (χ0n) is 14.0. The van der Waals surface area contributed by atoms with E-state index in [2.05, 4.69) is 5.32 Å². The minimum absolute atomic E-state index is 0.0852. The van der Waals surface area contributed by atoms with E-state index >= 15 is 0 Å². The van der Waals surface area contributed by atoms with Crippen LogP contribution in [0.5, 0.6) is 5.75 Å². The molecule has 7 nitrogen and oxygen atoms in total. The van der Waals surface area contributed by atoms with Crippen LogP contribution in [-0.2, 0) is 10.3 Å². The number of carbonyl (C=O) groups excluding carboxylic acids is 2. The van der Waals surface area contributed by atoms with E-state index in [-0.39, 0.29) is 13.2 Å². The van der Waals surface area contributed by atoms with Gasteiger partial charge in [0.15, 0.2) is 0 Å². The topological polar surface area (TPSA) is 103 Å². The van der Waals surface area contributed by atoms with Crippen LogP contribution in [0, 0.1) is 11.3 Å². The molecule has 1 aromatic heterocycles. The van der Waals surface area contributed by atoms with Crippen molar-refractivity contribution in [3.05, 3.63) is 52.2 Å². The third kappa shape index (κ3) is 3.40. The Bertz CT molecular complexity index is 844. The van der Waals surface area contributed by atoms with E-state index in [9.17, 15) is 14.7 Å². The molecule has 3 amide bonds. The number of rotatable bonds is 6. The lowest BCUT2D eigenvalue weighted by molar-refractivity contribution is -0.132. The lowest BCUT2D eigenvalue weighted by Crippen LogP contribution is -2.42. The van der Waals surface area contributed by atoms with Crippen LogP contribution in [-0.4, -0.2) is 41.2 Å². The van der Waals surface area contributed by atoms with Crippen molar-refractivity contribution >= 4 is 23.3 Å². The van der Waals surface area contributed by atoms with Crippen LogP contribution < -0.4 is 10.1 Å². The maximum Gasteiger partial charge on any atom is 0.325 e. The Labute approximate surface area is 154 Å². The molecular weight excluding hydrogens is 354 g/mol. The van der Waals surface area contributed by atoms with Gasteiger partial charge in [-0.2, -0.15) is 16.6 Å². The predicted octanol–water partition coefficient (Wildman–Crippen LogP) is 1.83. The van der Waals surface area contributed by atoms with Gasteiger partial charge >= 0.3 is 6.03 Å². The number of imide groups is 1. The molecule has 2 heterocycles. The molecule has 8 heteroatoms. The van der Waals surface area contributed by atoms with Crippen LogP contribution in [0.1, 0.15) is 18.1 Å². The van der Waals surface area contributed by atoms with Gasteiger partial charge in [0.1, 0.15) is 24.0 Å². The molecule has 1 fully saturated rings. The zero-order chi connectivity index (χ0) is 18.7. The molecule has 0 saturated carbocycles. The van der Waals surface area contributed by atoms with Crippen molar-refractivity contribution in [2.75, 3.05) is 13.2 Å². The Kier molecular flexibility index (Phi) is 4.93. The summed E-state index contributed by atoms with van der Waals surface area (Å²) in [7, 11) is 0. The lowest BCUT2D eigenvalue weighted by Gasteiger charge is -2.22. The SMILES string of the molecule is CC1(c2ccsc2)NC(=O)N(CC(O)COc2ccc(C#N)cc2)C1=O. The second-order valence-corrected chi connectivity index (χ2v) is 6.86. The van der Waals surface area contributed by atoms with Gasteiger partial charge in [0, 0.05) is 0 Å². The number of benzene rings is 1. The van der Waals surface area contributed by atoms with E-state index in [0.29, 0.717) is 16.9 Å². The van der Waals surface area contributed by atoms with Gasteiger partial charge in [-0.25, -0.2) is 4.79 Å². The number of ether oxygens (including phenoxy) is 1. The van der Waals surface area contributed by atoms with Gasteiger partial charge in [-0.3, -0.25) is 9.69 Å². The van der Waals surface area contributed by atoms with Gasteiger partial charge in [0.05, 0.1) is 18.2 Å². The van der Waals surface area contributed by atoms with E-state index in [4.69, 9.17) is 10.00 Å². The van der Waals surface area contributed by atoms with Crippen molar-refractivity contribution in [2.45, 2.75) is 18.6 Å². The van der Waals surface area contributed by atoms with E-state index in [1.165, 1.54) is 11.3 Å². The number of nitriles is 1. The number of nitrogens with zero attached hydrogens (tertiary/aromatic N) is 2. The lowest BCUT2D eigenvalue weighted by atomic mass is 9.95. The minimum atomic E-state index is -1.12. The van der Waals surface area contributed by atoms with Crippen LogP contribution in [0.2, 0.25) is 0 Å². The Morgan fingerprint density at radius 3 is 2.69 bits per heavy atom. The van der Waals surface area contributed by atoms with Gasteiger partial charge in [-0.05, 0) is 53.6 Å². The molecule has 134 valence electrons. The Morgan fingerprint density at radius 2 is 2.08 bits per heavy atom. The largest absolute Gasteiger partial charge is 0.491 e. The average Bonchev–Trinajstić information content (AvgIpc) is 3.25. The number of hydrogen-bond donors (Lipinski definition) is 2. The monoisotopic (exact) mass is 371 g/mol. The number of nitrogens with one attached hydrogen (secondary N) is 1. The molecule has 0 spiro atoms.